The molecule has 1 fully saturated rings. The number of ketones is 1. The van der Waals surface area contributed by atoms with Gasteiger partial charge in [-0.05, 0) is 30.7 Å². The van der Waals surface area contributed by atoms with Crippen LogP contribution < -0.4 is 5.32 Å². The van der Waals surface area contributed by atoms with Gasteiger partial charge in [-0.3, -0.25) is 9.48 Å². The number of nitrogens with zero attached hydrogens (tertiary/aromatic N) is 4. The Balaban J connectivity index is 1.58. The largest absolute Gasteiger partial charge is 0.342 e. The van der Waals surface area contributed by atoms with Crippen molar-refractivity contribution < 1.29 is 4.79 Å². The van der Waals surface area contributed by atoms with Crippen LogP contribution in [0.5, 0.6) is 0 Å². The fourth-order valence-electron chi connectivity index (χ4n) is 4.95. The average molecular weight is 323 g/mol. The summed E-state index contributed by atoms with van der Waals surface area (Å²) < 4.78 is 2.02. The average Bonchev–Trinajstić information content (AvgIpc) is 3.12. The number of carbonyl (C=O) groups is 1. The number of hydrogen-bond donors (Lipinski definition) is 1. The maximum Gasteiger partial charge on any atom is 0.162 e. The quantitative estimate of drug-likeness (QED) is 0.863. The Labute approximate surface area is 140 Å². The van der Waals surface area contributed by atoms with E-state index in [-0.39, 0.29) is 10.8 Å². The van der Waals surface area contributed by atoms with Crippen molar-refractivity contribution in [3.63, 3.8) is 0 Å². The lowest BCUT2D eigenvalue weighted by Crippen LogP contribution is -2.50. The van der Waals surface area contributed by atoms with E-state index in [9.17, 15) is 4.79 Å². The third-order valence-corrected chi connectivity index (χ3v) is 5.95. The molecule has 124 valence electrons. The van der Waals surface area contributed by atoms with E-state index < -0.39 is 0 Å². The van der Waals surface area contributed by atoms with Gasteiger partial charge < -0.3 is 5.32 Å². The van der Waals surface area contributed by atoms with Crippen molar-refractivity contribution in [1.82, 2.24) is 15.1 Å². The number of Topliss-reactive ketones (excluding diaryl/α,β-unsaturated/α-hetero) is 1. The molecular weight excluding hydrogens is 302 g/mol. The predicted molar refractivity (Wildman–Crippen MR) is 87.9 cm³/mol. The standard InChI is InChI=1S/C18H21N5O/c1-17(2)8-13-15(14(24)9-17)18(12-10-19-22-16(12)21-13)6-11(7-18)23-5-3-4-20-23/h3-5,11,21H,6-10H2,1-2H3. The van der Waals surface area contributed by atoms with Crippen LogP contribution in [0.4, 0.5) is 0 Å². The Morgan fingerprint density at radius 1 is 1.29 bits per heavy atom. The molecule has 4 aliphatic rings. The van der Waals surface area contributed by atoms with Crippen molar-refractivity contribution in [1.29, 1.82) is 0 Å². The first-order valence-corrected chi connectivity index (χ1v) is 8.63. The minimum Gasteiger partial charge on any atom is -0.342 e. The summed E-state index contributed by atoms with van der Waals surface area (Å²) in [5.74, 6) is 1.18. The first-order valence-electron chi connectivity index (χ1n) is 8.63. The number of allylic oxidation sites excluding steroid dienone is 2. The summed E-state index contributed by atoms with van der Waals surface area (Å²) in [4.78, 5) is 13.0. The topological polar surface area (TPSA) is 71.6 Å². The van der Waals surface area contributed by atoms with Crippen LogP contribution in [0.1, 0.15) is 45.6 Å². The summed E-state index contributed by atoms with van der Waals surface area (Å²) in [6.07, 6.45) is 7.19. The van der Waals surface area contributed by atoms with E-state index in [1.807, 2.05) is 23.1 Å². The molecule has 0 bridgehead atoms. The molecule has 0 saturated heterocycles. The van der Waals surface area contributed by atoms with Crippen molar-refractivity contribution >= 4 is 5.78 Å². The normalized spacial score (nSPS) is 33.4. The van der Waals surface area contributed by atoms with Crippen molar-refractivity contribution in [2.24, 2.45) is 21.1 Å². The molecular formula is C18H21N5O. The molecule has 0 aromatic carbocycles. The predicted octanol–water partition coefficient (Wildman–Crippen LogP) is 3.13. The second-order valence-corrected chi connectivity index (χ2v) is 8.28. The van der Waals surface area contributed by atoms with Gasteiger partial charge in [0.15, 0.2) is 11.6 Å². The molecule has 24 heavy (non-hydrogen) atoms. The zero-order valence-corrected chi connectivity index (χ0v) is 14.0. The zero-order valence-electron chi connectivity index (χ0n) is 14.0. The number of aromatic nitrogens is 2. The van der Waals surface area contributed by atoms with E-state index in [0.29, 0.717) is 24.8 Å². The number of dihydropyridines is 1. The summed E-state index contributed by atoms with van der Waals surface area (Å²) >= 11 is 0. The molecule has 1 spiro atoms. The van der Waals surface area contributed by atoms with Gasteiger partial charge in [0.05, 0.1) is 12.6 Å². The Bertz CT molecular complexity index is 822. The number of azo groups is 1. The molecule has 1 aromatic rings. The van der Waals surface area contributed by atoms with Crippen LogP contribution in [0.15, 0.2) is 51.4 Å². The molecule has 1 aromatic heterocycles. The second kappa shape index (κ2) is 4.43. The molecule has 2 aliphatic heterocycles. The van der Waals surface area contributed by atoms with Gasteiger partial charge in [-0.2, -0.15) is 10.2 Å². The number of rotatable bonds is 1. The number of hydrogen-bond acceptors (Lipinski definition) is 5. The van der Waals surface area contributed by atoms with Gasteiger partial charge in [0.1, 0.15) is 0 Å². The van der Waals surface area contributed by atoms with Crippen molar-refractivity contribution in [2.45, 2.75) is 45.6 Å². The third kappa shape index (κ3) is 1.77. The summed E-state index contributed by atoms with van der Waals surface area (Å²) in [6.45, 7) is 4.94. The van der Waals surface area contributed by atoms with Crippen LogP contribution in [-0.4, -0.2) is 22.1 Å². The number of carbonyl (C=O) groups excluding carboxylic acids is 1. The SMILES string of the molecule is CC1(C)CC(=O)C2=C(C1)NC1=C(CN=N1)C21CC(n2cccn2)C1. The molecule has 1 saturated carbocycles. The molecule has 5 rings (SSSR count). The Kier molecular flexibility index (Phi) is 2.61. The van der Waals surface area contributed by atoms with Crippen LogP contribution in [0.3, 0.4) is 0 Å². The van der Waals surface area contributed by atoms with E-state index in [2.05, 4.69) is 34.5 Å². The van der Waals surface area contributed by atoms with Gasteiger partial charge in [0, 0.05) is 41.1 Å². The maximum atomic E-state index is 13.0. The minimum atomic E-state index is -0.177. The Hall–Kier alpha value is -2.24. The van der Waals surface area contributed by atoms with Crippen LogP contribution >= 0.6 is 0 Å². The molecule has 0 atom stereocenters. The smallest absolute Gasteiger partial charge is 0.162 e. The van der Waals surface area contributed by atoms with E-state index in [0.717, 1.165) is 36.4 Å². The first-order chi connectivity index (χ1) is 11.5. The van der Waals surface area contributed by atoms with Crippen molar-refractivity contribution in [2.75, 3.05) is 6.54 Å². The Morgan fingerprint density at radius 2 is 2.12 bits per heavy atom. The highest BCUT2D eigenvalue weighted by atomic mass is 16.1. The molecule has 1 N–H and O–H groups in total. The summed E-state index contributed by atoms with van der Waals surface area (Å²) in [5.41, 5.74) is 3.12. The highest BCUT2D eigenvalue weighted by molar-refractivity contribution is 6.00. The molecule has 6 heteroatoms. The van der Waals surface area contributed by atoms with Crippen LogP contribution in [0.2, 0.25) is 0 Å². The van der Waals surface area contributed by atoms with Crippen molar-refractivity contribution in [3.05, 3.63) is 41.1 Å². The second-order valence-electron chi connectivity index (χ2n) is 8.28. The van der Waals surface area contributed by atoms with Crippen molar-refractivity contribution in [3.8, 4) is 0 Å². The fraction of sp³-hybridized carbons (Fsp3) is 0.556. The van der Waals surface area contributed by atoms with E-state index in [1.165, 1.54) is 5.57 Å². The molecule has 3 heterocycles. The van der Waals surface area contributed by atoms with Gasteiger partial charge in [0.25, 0.3) is 0 Å². The minimum absolute atomic E-state index is 0.00303. The lowest BCUT2D eigenvalue weighted by Gasteiger charge is -2.53. The highest BCUT2D eigenvalue weighted by Gasteiger charge is 2.58. The van der Waals surface area contributed by atoms with Gasteiger partial charge in [-0.15, -0.1) is 5.11 Å². The van der Waals surface area contributed by atoms with E-state index in [1.54, 1.807) is 0 Å². The first kappa shape index (κ1) is 14.1. The summed E-state index contributed by atoms with van der Waals surface area (Å²) in [7, 11) is 0. The highest BCUT2D eigenvalue weighted by Crippen LogP contribution is 2.62. The monoisotopic (exact) mass is 323 g/mol. The zero-order chi connectivity index (χ0) is 16.5. The molecule has 2 aliphatic carbocycles. The molecule has 6 nitrogen and oxygen atoms in total. The summed E-state index contributed by atoms with van der Waals surface area (Å²) in [6, 6.07) is 2.31. The van der Waals surface area contributed by atoms with Gasteiger partial charge in [-0.1, -0.05) is 13.8 Å². The number of fused-ring (bicyclic) bond motifs is 2. The van der Waals surface area contributed by atoms with Crippen LogP contribution in [0, 0.1) is 10.8 Å². The maximum absolute atomic E-state index is 13.0. The fourth-order valence-corrected chi connectivity index (χ4v) is 4.95. The Morgan fingerprint density at radius 3 is 2.88 bits per heavy atom. The van der Waals surface area contributed by atoms with Crippen LogP contribution in [-0.2, 0) is 4.79 Å². The number of nitrogens with one attached hydrogen (secondary N) is 1. The van der Waals surface area contributed by atoms with Crippen LogP contribution in [0.25, 0.3) is 0 Å². The molecule has 0 amide bonds. The third-order valence-electron chi connectivity index (χ3n) is 5.95. The lowest BCUT2D eigenvalue weighted by molar-refractivity contribution is -0.120. The molecule has 0 radical (unpaired) electrons. The van der Waals surface area contributed by atoms with Gasteiger partial charge >= 0.3 is 0 Å². The molecule has 0 unspecified atom stereocenters. The van der Waals surface area contributed by atoms with E-state index >= 15 is 0 Å². The van der Waals surface area contributed by atoms with Gasteiger partial charge in [-0.25, -0.2) is 0 Å². The van der Waals surface area contributed by atoms with E-state index in [4.69, 9.17) is 0 Å². The lowest BCUT2D eigenvalue weighted by atomic mass is 9.53. The van der Waals surface area contributed by atoms with Gasteiger partial charge in [0.2, 0.25) is 0 Å². The summed E-state index contributed by atoms with van der Waals surface area (Å²) in [5, 5.41) is 16.4.